The maximum absolute atomic E-state index is 13.4. The number of hydrogen-bond donors (Lipinski definition) is 2. The summed E-state index contributed by atoms with van der Waals surface area (Å²) in [7, 11) is 0. The number of nitrogens with one attached hydrogen (secondary N) is 2. The Balaban J connectivity index is 1.92. The average molecular weight is 337 g/mol. The molecule has 0 unspecified atom stereocenters. The summed E-state index contributed by atoms with van der Waals surface area (Å²) in [5.41, 5.74) is 2.76. The first-order valence-corrected chi connectivity index (χ1v) is 7.99. The number of unbranched alkanes of at least 4 members (excludes halogenated alkanes) is 1. The lowest BCUT2D eigenvalue weighted by Gasteiger charge is -2.11. The Morgan fingerprint density at radius 3 is 2.36 bits per heavy atom. The van der Waals surface area contributed by atoms with E-state index in [1.54, 1.807) is 6.07 Å². The molecule has 2 rings (SSSR count). The van der Waals surface area contributed by atoms with Gasteiger partial charge in [-0.3, -0.25) is 0 Å². The van der Waals surface area contributed by atoms with E-state index in [-0.39, 0.29) is 5.02 Å². The van der Waals surface area contributed by atoms with Gasteiger partial charge in [-0.2, -0.15) is 0 Å². The number of halogens is 2. The molecule has 0 aliphatic carbocycles. The zero-order valence-electron chi connectivity index (χ0n) is 12.3. The van der Waals surface area contributed by atoms with Crippen molar-refractivity contribution in [1.82, 2.24) is 0 Å². The van der Waals surface area contributed by atoms with Crippen LogP contribution >= 0.6 is 23.8 Å². The molecule has 5 heteroatoms. The molecule has 22 heavy (non-hydrogen) atoms. The predicted molar refractivity (Wildman–Crippen MR) is 96.3 cm³/mol. The van der Waals surface area contributed by atoms with Crippen LogP contribution in [0.2, 0.25) is 5.02 Å². The normalized spacial score (nSPS) is 10.3. The van der Waals surface area contributed by atoms with Gasteiger partial charge in [-0.1, -0.05) is 37.1 Å². The average Bonchev–Trinajstić information content (AvgIpc) is 2.50. The Morgan fingerprint density at radius 2 is 1.73 bits per heavy atom. The predicted octanol–water partition coefficient (Wildman–Crippen LogP) is 5.63. The second-order valence-electron chi connectivity index (χ2n) is 5.01. The van der Waals surface area contributed by atoms with E-state index in [9.17, 15) is 4.39 Å². The van der Waals surface area contributed by atoms with Gasteiger partial charge in [0.15, 0.2) is 5.11 Å². The van der Waals surface area contributed by atoms with Crippen molar-refractivity contribution in [3.8, 4) is 0 Å². The third-order valence-electron chi connectivity index (χ3n) is 3.21. The highest BCUT2D eigenvalue weighted by atomic mass is 35.5. The standard InChI is InChI=1S/C17H18ClFN2S/c1-2-3-4-12-5-7-13(8-6-12)20-17(22)21-14-9-10-15(18)16(19)11-14/h5-11H,2-4H2,1H3,(H2,20,21,22). The molecule has 2 N–H and O–H groups in total. The van der Waals surface area contributed by atoms with E-state index >= 15 is 0 Å². The Bertz CT molecular complexity index is 644. The highest BCUT2D eigenvalue weighted by Crippen LogP contribution is 2.19. The molecule has 0 saturated carbocycles. The fraction of sp³-hybridized carbons (Fsp3) is 0.235. The minimum Gasteiger partial charge on any atom is -0.332 e. The summed E-state index contributed by atoms with van der Waals surface area (Å²) in [5, 5.41) is 6.50. The van der Waals surface area contributed by atoms with Crippen molar-refractivity contribution in [2.24, 2.45) is 0 Å². The zero-order valence-corrected chi connectivity index (χ0v) is 13.9. The Kier molecular flexibility index (Phi) is 6.16. The van der Waals surface area contributed by atoms with Crippen LogP contribution < -0.4 is 10.6 Å². The Morgan fingerprint density at radius 1 is 1.09 bits per heavy atom. The number of hydrogen-bond acceptors (Lipinski definition) is 1. The molecule has 0 spiro atoms. The van der Waals surface area contributed by atoms with Gasteiger partial charge in [0.1, 0.15) is 5.82 Å². The van der Waals surface area contributed by atoms with Crippen LogP contribution in [0.15, 0.2) is 42.5 Å². The number of benzene rings is 2. The van der Waals surface area contributed by atoms with Crippen LogP contribution in [0.25, 0.3) is 0 Å². The van der Waals surface area contributed by atoms with Gasteiger partial charge >= 0.3 is 0 Å². The van der Waals surface area contributed by atoms with Gasteiger partial charge < -0.3 is 10.6 Å². The molecule has 0 atom stereocenters. The summed E-state index contributed by atoms with van der Waals surface area (Å²) < 4.78 is 13.4. The van der Waals surface area contributed by atoms with Gasteiger partial charge in [0.05, 0.1) is 5.02 Å². The van der Waals surface area contributed by atoms with Gasteiger partial charge in [-0.25, -0.2) is 4.39 Å². The molecule has 0 fully saturated rings. The monoisotopic (exact) mass is 336 g/mol. The van der Waals surface area contributed by atoms with Crippen LogP contribution in [0.3, 0.4) is 0 Å². The lowest BCUT2D eigenvalue weighted by Crippen LogP contribution is -2.19. The third-order valence-corrected chi connectivity index (χ3v) is 3.72. The third kappa shape index (κ3) is 4.97. The summed E-state index contributed by atoms with van der Waals surface area (Å²) in [6, 6.07) is 12.6. The van der Waals surface area contributed by atoms with E-state index in [1.165, 1.54) is 30.5 Å². The van der Waals surface area contributed by atoms with Gasteiger partial charge in [0.25, 0.3) is 0 Å². The fourth-order valence-electron chi connectivity index (χ4n) is 2.00. The second-order valence-corrected chi connectivity index (χ2v) is 5.82. The van der Waals surface area contributed by atoms with Gasteiger partial charge in [0, 0.05) is 11.4 Å². The molecule has 2 aromatic rings. The summed E-state index contributed by atoms with van der Waals surface area (Å²) in [6.07, 6.45) is 3.46. The van der Waals surface area contributed by atoms with Crippen LogP contribution in [0.1, 0.15) is 25.3 Å². The molecule has 0 bridgehead atoms. The van der Waals surface area contributed by atoms with Crippen molar-refractivity contribution in [2.45, 2.75) is 26.2 Å². The van der Waals surface area contributed by atoms with Gasteiger partial charge in [0.2, 0.25) is 0 Å². The summed E-state index contributed by atoms with van der Waals surface area (Å²) in [6.45, 7) is 2.18. The molecule has 0 radical (unpaired) electrons. The number of thiocarbonyl (C=S) groups is 1. The minimum atomic E-state index is -0.477. The lowest BCUT2D eigenvalue weighted by molar-refractivity contribution is 0.629. The zero-order chi connectivity index (χ0) is 15.9. The SMILES string of the molecule is CCCCc1ccc(NC(=S)Nc2ccc(Cl)c(F)c2)cc1. The highest BCUT2D eigenvalue weighted by molar-refractivity contribution is 7.80. The van der Waals surface area contributed by atoms with E-state index in [0.29, 0.717) is 10.8 Å². The molecule has 0 amide bonds. The van der Waals surface area contributed by atoms with Crippen LogP contribution in [-0.4, -0.2) is 5.11 Å². The Labute approximate surface area is 140 Å². The lowest BCUT2D eigenvalue weighted by atomic mass is 10.1. The van der Waals surface area contributed by atoms with Crippen LogP contribution in [0, 0.1) is 5.82 Å². The topological polar surface area (TPSA) is 24.1 Å². The molecule has 0 heterocycles. The van der Waals surface area contributed by atoms with E-state index < -0.39 is 5.82 Å². The first kappa shape index (κ1) is 16.7. The van der Waals surface area contributed by atoms with Crippen LogP contribution in [0.5, 0.6) is 0 Å². The molecule has 0 saturated heterocycles. The molecule has 2 nitrogen and oxygen atoms in total. The van der Waals surface area contributed by atoms with Crippen molar-refractivity contribution < 1.29 is 4.39 Å². The van der Waals surface area contributed by atoms with Crippen molar-refractivity contribution >= 4 is 40.3 Å². The largest absolute Gasteiger partial charge is 0.332 e. The maximum atomic E-state index is 13.4. The fourth-order valence-corrected chi connectivity index (χ4v) is 2.36. The van der Waals surface area contributed by atoms with Crippen LogP contribution in [0.4, 0.5) is 15.8 Å². The van der Waals surface area contributed by atoms with Gasteiger partial charge in [-0.05, 0) is 61.0 Å². The van der Waals surface area contributed by atoms with E-state index in [4.69, 9.17) is 23.8 Å². The van der Waals surface area contributed by atoms with Crippen molar-refractivity contribution in [2.75, 3.05) is 10.6 Å². The summed E-state index contributed by atoms with van der Waals surface area (Å²) in [4.78, 5) is 0. The second kappa shape index (κ2) is 8.11. The molecule has 0 aromatic heterocycles. The smallest absolute Gasteiger partial charge is 0.175 e. The summed E-state index contributed by atoms with van der Waals surface area (Å²) >= 11 is 10.9. The molecule has 116 valence electrons. The van der Waals surface area contributed by atoms with Crippen molar-refractivity contribution in [1.29, 1.82) is 0 Å². The van der Waals surface area contributed by atoms with Crippen LogP contribution in [-0.2, 0) is 6.42 Å². The number of anilines is 2. The minimum absolute atomic E-state index is 0.0899. The quantitative estimate of drug-likeness (QED) is 0.692. The summed E-state index contributed by atoms with van der Waals surface area (Å²) in [5.74, 6) is -0.477. The first-order valence-electron chi connectivity index (χ1n) is 7.20. The number of aryl methyl sites for hydroxylation is 1. The highest BCUT2D eigenvalue weighted by Gasteiger charge is 2.03. The van der Waals surface area contributed by atoms with E-state index in [2.05, 4.69) is 29.7 Å². The first-order chi connectivity index (χ1) is 10.6. The maximum Gasteiger partial charge on any atom is 0.175 e. The molecular formula is C17H18ClFN2S. The van der Waals surface area contributed by atoms with Crippen molar-refractivity contribution in [3.63, 3.8) is 0 Å². The van der Waals surface area contributed by atoms with Gasteiger partial charge in [-0.15, -0.1) is 0 Å². The molecule has 0 aliphatic heterocycles. The van der Waals surface area contributed by atoms with Crippen molar-refractivity contribution in [3.05, 3.63) is 58.9 Å². The van der Waals surface area contributed by atoms with E-state index in [0.717, 1.165) is 12.1 Å². The molecule has 0 aliphatic rings. The molecular weight excluding hydrogens is 319 g/mol. The van der Waals surface area contributed by atoms with E-state index in [1.807, 2.05) is 12.1 Å². The number of rotatable bonds is 5. The molecule has 2 aromatic carbocycles. The Hall–Kier alpha value is -1.65.